The Bertz CT molecular complexity index is 1410. The summed E-state index contributed by atoms with van der Waals surface area (Å²) in [7, 11) is -3.60. The summed E-state index contributed by atoms with van der Waals surface area (Å²) < 4.78 is 27.7. The van der Waals surface area contributed by atoms with Crippen LogP contribution in [0.5, 0.6) is 0 Å². The number of rotatable bonds is 5. The molecule has 3 aromatic rings. The molecule has 1 fully saturated rings. The zero-order chi connectivity index (χ0) is 24.7. The standard InChI is InChI=1S/C25H27ClN4O4S/c1-17-27-16-23-25(32)30(12-11-29(17)23)21-6-9-28(10-7-21)24(31)8-13-35(33,34)22-5-3-18-14-20(26)4-2-19(18)15-22/h2-5,14-16,21H,6-13H2,1H3. The van der Waals surface area contributed by atoms with Gasteiger partial charge in [-0.2, -0.15) is 0 Å². The summed E-state index contributed by atoms with van der Waals surface area (Å²) in [6.07, 6.45) is 2.94. The van der Waals surface area contributed by atoms with Gasteiger partial charge in [-0.1, -0.05) is 23.7 Å². The number of aromatic nitrogens is 2. The molecule has 1 saturated heterocycles. The van der Waals surface area contributed by atoms with Gasteiger partial charge >= 0.3 is 0 Å². The molecule has 10 heteroatoms. The number of sulfone groups is 1. The van der Waals surface area contributed by atoms with Gasteiger partial charge < -0.3 is 14.4 Å². The van der Waals surface area contributed by atoms with E-state index in [2.05, 4.69) is 4.98 Å². The maximum absolute atomic E-state index is 12.9. The van der Waals surface area contributed by atoms with E-state index in [1.807, 2.05) is 16.4 Å². The molecular weight excluding hydrogens is 488 g/mol. The molecule has 8 nitrogen and oxygen atoms in total. The predicted molar refractivity (Wildman–Crippen MR) is 133 cm³/mol. The average molecular weight is 515 g/mol. The van der Waals surface area contributed by atoms with E-state index >= 15 is 0 Å². The highest BCUT2D eigenvalue weighted by atomic mass is 35.5. The summed E-state index contributed by atoms with van der Waals surface area (Å²) in [5.41, 5.74) is 0.620. The van der Waals surface area contributed by atoms with Crippen LogP contribution in [0.2, 0.25) is 5.02 Å². The van der Waals surface area contributed by atoms with Crippen LogP contribution in [0.15, 0.2) is 47.5 Å². The first-order chi connectivity index (χ1) is 16.7. The second kappa shape index (κ2) is 9.28. The molecule has 0 N–H and O–H groups in total. The van der Waals surface area contributed by atoms with Crippen molar-refractivity contribution in [1.82, 2.24) is 19.4 Å². The van der Waals surface area contributed by atoms with E-state index in [-0.39, 0.29) is 34.9 Å². The van der Waals surface area contributed by atoms with Crippen molar-refractivity contribution in [3.63, 3.8) is 0 Å². The van der Waals surface area contributed by atoms with Crippen molar-refractivity contribution in [2.75, 3.05) is 25.4 Å². The molecule has 5 rings (SSSR count). The number of carbonyl (C=O) groups excluding carboxylic acids is 2. The maximum Gasteiger partial charge on any atom is 0.272 e. The first kappa shape index (κ1) is 23.8. The molecule has 3 heterocycles. The van der Waals surface area contributed by atoms with E-state index in [1.165, 1.54) is 0 Å². The third kappa shape index (κ3) is 4.67. The van der Waals surface area contributed by atoms with E-state index in [4.69, 9.17) is 11.6 Å². The highest BCUT2D eigenvalue weighted by Crippen LogP contribution is 2.25. The van der Waals surface area contributed by atoms with Gasteiger partial charge in [0.15, 0.2) is 9.84 Å². The van der Waals surface area contributed by atoms with Crippen molar-refractivity contribution in [1.29, 1.82) is 0 Å². The number of nitrogens with zero attached hydrogens (tertiary/aromatic N) is 4. The van der Waals surface area contributed by atoms with Crippen LogP contribution in [0.25, 0.3) is 10.8 Å². The van der Waals surface area contributed by atoms with Gasteiger partial charge in [0.25, 0.3) is 5.91 Å². The fourth-order valence-electron chi connectivity index (χ4n) is 5.04. The van der Waals surface area contributed by atoms with Crippen LogP contribution >= 0.6 is 11.6 Å². The highest BCUT2D eigenvalue weighted by Gasteiger charge is 2.34. The Morgan fingerprint density at radius 3 is 2.54 bits per heavy atom. The van der Waals surface area contributed by atoms with Crippen LogP contribution in [-0.2, 0) is 21.2 Å². The minimum atomic E-state index is -3.60. The van der Waals surface area contributed by atoms with E-state index in [0.717, 1.165) is 23.1 Å². The molecule has 2 aromatic carbocycles. The van der Waals surface area contributed by atoms with Crippen LogP contribution in [0, 0.1) is 6.92 Å². The Morgan fingerprint density at radius 2 is 1.77 bits per heavy atom. The first-order valence-electron chi connectivity index (χ1n) is 11.8. The lowest BCUT2D eigenvalue weighted by atomic mass is 10.0. The summed E-state index contributed by atoms with van der Waals surface area (Å²) in [5, 5.41) is 2.24. The molecule has 0 spiro atoms. The monoisotopic (exact) mass is 514 g/mol. The maximum atomic E-state index is 12.9. The Kier molecular flexibility index (Phi) is 6.31. The molecule has 2 amide bonds. The number of hydrogen-bond donors (Lipinski definition) is 0. The summed E-state index contributed by atoms with van der Waals surface area (Å²) in [5.74, 6) is 0.429. The van der Waals surface area contributed by atoms with Gasteiger partial charge in [-0.3, -0.25) is 9.59 Å². The number of hydrogen-bond acceptors (Lipinski definition) is 5. The molecule has 2 aliphatic rings. The predicted octanol–water partition coefficient (Wildman–Crippen LogP) is 3.31. The van der Waals surface area contributed by atoms with Crippen LogP contribution in [0.1, 0.15) is 35.6 Å². The Morgan fingerprint density at radius 1 is 1.06 bits per heavy atom. The third-order valence-electron chi connectivity index (χ3n) is 7.08. The molecular formula is C25H27ClN4O4S. The van der Waals surface area contributed by atoms with Crippen molar-refractivity contribution in [3.05, 3.63) is 59.1 Å². The lowest BCUT2D eigenvalue weighted by molar-refractivity contribution is -0.132. The van der Waals surface area contributed by atoms with Gasteiger partial charge in [0.05, 0.1) is 16.8 Å². The van der Waals surface area contributed by atoms with Gasteiger partial charge in [0, 0.05) is 43.7 Å². The normalized spacial score (nSPS) is 17.1. The molecule has 0 saturated carbocycles. The Labute approximate surface area is 209 Å². The third-order valence-corrected chi connectivity index (χ3v) is 9.02. The summed E-state index contributed by atoms with van der Waals surface area (Å²) in [4.78, 5) is 33.8. The van der Waals surface area contributed by atoms with E-state index in [0.29, 0.717) is 43.2 Å². The molecule has 0 atom stereocenters. The number of piperidine rings is 1. The number of amides is 2. The molecule has 1 aromatic heterocycles. The summed E-state index contributed by atoms with van der Waals surface area (Å²) in [6, 6.07) is 10.3. The van der Waals surface area contributed by atoms with Crippen molar-refractivity contribution >= 4 is 44.0 Å². The quantitative estimate of drug-likeness (QED) is 0.521. The van der Waals surface area contributed by atoms with Crippen molar-refractivity contribution in [3.8, 4) is 0 Å². The molecule has 0 unspecified atom stereocenters. The largest absolute Gasteiger partial charge is 0.343 e. The van der Waals surface area contributed by atoms with Crippen molar-refractivity contribution < 1.29 is 18.0 Å². The van der Waals surface area contributed by atoms with Gasteiger partial charge in [-0.05, 0) is 54.8 Å². The van der Waals surface area contributed by atoms with Crippen molar-refractivity contribution in [2.45, 2.75) is 43.7 Å². The van der Waals surface area contributed by atoms with Crippen molar-refractivity contribution in [2.24, 2.45) is 0 Å². The Balaban J connectivity index is 1.17. The number of likely N-dealkylation sites (tertiary alicyclic amines) is 1. The zero-order valence-corrected chi connectivity index (χ0v) is 21.1. The van der Waals surface area contributed by atoms with E-state index in [9.17, 15) is 18.0 Å². The fraction of sp³-hybridized carbons (Fsp3) is 0.400. The number of benzene rings is 2. The second-order valence-electron chi connectivity index (χ2n) is 9.17. The smallest absolute Gasteiger partial charge is 0.272 e. The van der Waals surface area contributed by atoms with E-state index in [1.54, 1.807) is 47.5 Å². The number of aryl methyl sites for hydroxylation is 1. The molecule has 0 aliphatic carbocycles. The Hall–Kier alpha value is -2.91. The van der Waals surface area contributed by atoms with Crippen LogP contribution in [-0.4, -0.2) is 71.0 Å². The summed E-state index contributed by atoms with van der Waals surface area (Å²) in [6.45, 7) is 4.29. The number of fused-ring (bicyclic) bond motifs is 2. The minimum Gasteiger partial charge on any atom is -0.343 e. The SMILES string of the molecule is Cc1ncc2n1CCN(C1CCN(C(=O)CCS(=O)(=O)c3ccc4cc(Cl)ccc4c3)CC1)C2=O. The zero-order valence-electron chi connectivity index (χ0n) is 19.5. The second-order valence-corrected chi connectivity index (χ2v) is 11.7. The lowest BCUT2D eigenvalue weighted by Gasteiger charge is -2.40. The number of halogens is 1. The average Bonchev–Trinajstić information content (AvgIpc) is 3.24. The molecule has 35 heavy (non-hydrogen) atoms. The lowest BCUT2D eigenvalue weighted by Crippen LogP contribution is -2.51. The first-order valence-corrected chi connectivity index (χ1v) is 13.8. The topological polar surface area (TPSA) is 92.6 Å². The molecule has 2 aliphatic heterocycles. The summed E-state index contributed by atoms with van der Waals surface area (Å²) >= 11 is 6.00. The fourth-order valence-corrected chi connectivity index (χ4v) is 6.48. The van der Waals surface area contributed by atoms with E-state index < -0.39 is 9.84 Å². The van der Waals surface area contributed by atoms with Crippen LogP contribution < -0.4 is 0 Å². The van der Waals surface area contributed by atoms with Gasteiger partial charge in [0.2, 0.25) is 5.91 Å². The molecule has 184 valence electrons. The molecule has 0 bridgehead atoms. The van der Waals surface area contributed by atoms with Gasteiger partial charge in [-0.25, -0.2) is 13.4 Å². The van der Waals surface area contributed by atoms with Crippen LogP contribution in [0.4, 0.5) is 0 Å². The minimum absolute atomic E-state index is 0.00891. The molecule has 0 radical (unpaired) electrons. The number of imidazole rings is 1. The van der Waals surface area contributed by atoms with Gasteiger partial charge in [-0.15, -0.1) is 0 Å². The van der Waals surface area contributed by atoms with Gasteiger partial charge in [0.1, 0.15) is 11.5 Å². The van der Waals surface area contributed by atoms with Crippen LogP contribution in [0.3, 0.4) is 0 Å². The highest BCUT2D eigenvalue weighted by molar-refractivity contribution is 7.91. The number of carbonyl (C=O) groups is 2.